The van der Waals surface area contributed by atoms with E-state index in [1.165, 1.54) is 0 Å². The summed E-state index contributed by atoms with van der Waals surface area (Å²) in [6, 6.07) is 14.0. The number of nitrogens with one attached hydrogen (secondary N) is 2. The second kappa shape index (κ2) is 9.29. The average Bonchev–Trinajstić information content (AvgIpc) is 3.56. The molecule has 0 aliphatic carbocycles. The molecule has 1 saturated heterocycles. The maximum Gasteiger partial charge on any atom is 0.238 e. The summed E-state index contributed by atoms with van der Waals surface area (Å²) in [4.78, 5) is 25.3. The van der Waals surface area contributed by atoms with Gasteiger partial charge >= 0.3 is 0 Å². The molecule has 1 atom stereocenters. The SMILES string of the molecule is NCC(=O)Nc1cccc(C2Cc3nc(-c4cccc5[nH]ncc45)nc(N4CCOCC4)c3S2)c1. The molecule has 2 aliphatic rings. The number of thioether (sulfide) groups is 1. The van der Waals surface area contributed by atoms with Gasteiger partial charge in [-0.2, -0.15) is 5.10 Å². The Balaban J connectivity index is 1.39. The molecule has 4 aromatic rings. The number of nitrogens with two attached hydrogens (primary N) is 1. The predicted molar refractivity (Wildman–Crippen MR) is 137 cm³/mol. The quantitative estimate of drug-likeness (QED) is 0.392. The fourth-order valence-electron chi connectivity index (χ4n) is 4.59. The summed E-state index contributed by atoms with van der Waals surface area (Å²) >= 11 is 1.79. The predicted octanol–water partition coefficient (Wildman–Crippen LogP) is 3.14. The first-order valence-corrected chi connectivity index (χ1v) is 12.5. The van der Waals surface area contributed by atoms with E-state index in [1.54, 1.807) is 11.8 Å². The largest absolute Gasteiger partial charge is 0.378 e. The summed E-state index contributed by atoms with van der Waals surface area (Å²) in [6.07, 6.45) is 2.61. The number of amides is 1. The maximum atomic E-state index is 11.8. The highest BCUT2D eigenvalue weighted by molar-refractivity contribution is 8.00. The minimum Gasteiger partial charge on any atom is -0.378 e. The number of ether oxygens (including phenoxy) is 1. The van der Waals surface area contributed by atoms with Gasteiger partial charge in [0.2, 0.25) is 5.91 Å². The zero-order valence-corrected chi connectivity index (χ0v) is 19.8. The highest BCUT2D eigenvalue weighted by Gasteiger charge is 2.32. The fourth-order valence-corrected chi connectivity index (χ4v) is 5.94. The molecule has 178 valence electrons. The van der Waals surface area contributed by atoms with Gasteiger partial charge in [0.1, 0.15) is 5.82 Å². The van der Waals surface area contributed by atoms with Crippen LogP contribution in [0.25, 0.3) is 22.3 Å². The van der Waals surface area contributed by atoms with E-state index in [9.17, 15) is 4.79 Å². The summed E-state index contributed by atoms with van der Waals surface area (Å²) in [5.41, 5.74) is 10.3. The van der Waals surface area contributed by atoms with Crippen molar-refractivity contribution in [2.75, 3.05) is 43.1 Å². The first kappa shape index (κ1) is 22.0. The summed E-state index contributed by atoms with van der Waals surface area (Å²) in [7, 11) is 0. The van der Waals surface area contributed by atoms with E-state index in [0.717, 1.165) is 63.6 Å². The molecule has 0 radical (unpaired) electrons. The van der Waals surface area contributed by atoms with E-state index in [0.29, 0.717) is 19.0 Å². The first-order valence-electron chi connectivity index (χ1n) is 11.6. The number of anilines is 2. The lowest BCUT2D eigenvalue weighted by atomic mass is 10.1. The summed E-state index contributed by atoms with van der Waals surface area (Å²) in [5.74, 6) is 1.47. The van der Waals surface area contributed by atoms with Gasteiger partial charge in [0.05, 0.1) is 42.1 Å². The molecule has 1 amide bonds. The van der Waals surface area contributed by atoms with Crippen LogP contribution in [-0.2, 0) is 16.0 Å². The molecule has 35 heavy (non-hydrogen) atoms. The second-order valence-electron chi connectivity index (χ2n) is 8.57. The zero-order valence-electron chi connectivity index (χ0n) is 19.0. The second-order valence-corrected chi connectivity index (χ2v) is 9.78. The number of hydrogen-bond acceptors (Lipinski definition) is 8. The Kier molecular flexibility index (Phi) is 5.85. The Labute approximate surface area is 206 Å². The lowest BCUT2D eigenvalue weighted by Crippen LogP contribution is -2.37. The topological polar surface area (TPSA) is 122 Å². The number of benzene rings is 2. The number of nitrogens with zero attached hydrogens (tertiary/aromatic N) is 4. The fraction of sp³-hybridized carbons (Fsp3) is 0.280. The van der Waals surface area contributed by atoms with E-state index in [4.69, 9.17) is 20.4 Å². The average molecular weight is 488 g/mol. The van der Waals surface area contributed by atoms with Crippen LogP contribution in [0.1, 0.15) is 16.5 Å². The summed E-state index contributed by atoms with van der Waals surface area (Å²) in [5, 5.41) is 11.3. The summed E-state index contributed by atoms with van der Waals surface area (Å²) in [6.45, 7) is 2.92. The number of carbonyl (C=O) groups excluding carboxylic acids is 1. The molecule has 0 bridgehead atoms. The van der Waals surface area contributed by atoms with Crippen molar-refractivity contribution in [2.45, 2.75) is 16.6 Å². The van der Waals surface area contributed by atoms with Crippen LogP contribution in [0.4, 0.5) is 11.5 Å². The minimum absolute atomic E-state index is 0.0431. The maximum absolute atomic E-state index is 11.8. The van der Waals surface area contributed by atoms with Crippen LogP contribution in [0, 0.1) is 0 Å². The van der Waals surface area contributed by atoms with E-state index in [2.05, 4.69) is 26.5 Å². The molecule has 2 aromatic heterocycles. The molecule has 10 heteroatoms. The van der Waals surface area contributed by atoms with Gasteiger partial charge in [-0.15, -0.1) is 11.8 Å². The lowest BCUT2D eigenvalue weighted by Gasteiger charge is -2.29. The molecular weight excluding hydrogens is 462 g/mol. The molecule has 4 heterocycles. The van der Waals surface area contributed by atoms with Crippen LogP contribution in [0.2, 0.25) is 0 Å². The third-order valence-corrected chi connectivity index (χ3v) is 7.70. The van der Waals surface area contributed by atoms with Crippen LogP contribution >= 0.6 is 11.8 Å². The van der Waals surface area contributed by atoms with Crippen LogP contribution in [0.3, 0.4) is 0 Å². The van der Waals surface area contributed by atoms with E-state index >= 15 is 0 Å². The van der Waals surface area contributed by atoms with Crippen LogP contribution in [0.5, 0.6) is 0 Å². The normalized spacial score (nSPS) is 17.5. The number of fused-ring (bicyclic) bond motifs is 2. The third kappa shape index (κ3) is 4.24. The van der Waals surface area contributed by atoms with Crippen molar-refractivity contribution >= 4 is 40.1 Å². The monoisotopic (exact) mass is 487 g/mol. The molecule has 1 fully saturated rings. The van der Waals surface area contributed by atoms with Gasteiger partial charge in [0.15, 0.2) is 5.82 Å². The van der Waals surface area contributed by atoms with Crippen molar-refractivity contribution in [2.24, 2.45) is 5.73 Å². The van der Waals surface area contributed by atoms with Gasteiger partial charge in [0, 0.05) is 41.4 Å². The van der Waals surface area contributed by atoms with Crippen molar-refractivity contribution < 1.29 is 9.53 Å². The van der Waals surface area contributed by atoms with Crippen LogP contribution in [0.15, 0.2) is 53.6 Å². The Morgan fingerprint density at radius 1 is 1.20 bits per heavy atom. The van der Waals surface area contributed by atoms with Gasteiger partial charge in [-0.25, -0.2) is 9.97 Å². The standard InChI is InChI=1S/C25H25N7O2S/c26-13-22(33)28-16-4-1-3-15(11-16)21-12-20-23(35-21)25(32-7-9-34-10-8-32)30-24(29-20)17-5-2-6-19-18(17)14-27-31-19/h1-6,11,14,21H,7-10,12-13,26H2,(H,27,31)(H,28,33). The van der Waals surface area contributed by atoms with Crippen molar-refractivity contribution in [3.63, 3.8) is 0 Å². The summed E-state index contributed by atoms with van der Waals surface area (Å²) < 4.78 is 5.60. The number of aromatic amines is 1. The number of hydrogen-bond donors (Lipinski definition) is 3. The lowest BCUT2D eigenvalue weighted by molar-refractivity contribution is -0.114. The molecule has 0 saturated carbocycles. The number of H-pyrrole nitrogens is 1. The first-order chi connectivity index (χ1) is 17.2. The van der Waals surface area contributed by atoms with Crippen molar-refractivity contribution in [3.05, 3.63) is 59.9 Å². The molecular formula is C25H25N7O2S. The number of aromatic nitrogens is 4. The van der Waals surface area contributed by atoms with Gasteiger partial charge in [-0.1, -0.05) is 24.3 Å². The van der Waals surface area contributed by atoms with Crippen LogP contribution in [-0.4, -0.2) is 58.9 Å². The highest BCUT2D eigenvalue weighted by Crippen LogP contribution is 2.50. The van der Waals surface area contributed by atoms with E-state index in [-0.39, 0.29) is 17.7 Å². The Morgan fingerprint density at radius 3 is 2.91 bits per heavy atom. The third-order valence-electron chi connectivity index (χ3n) is 6.32. The van der Waals surface area contributed by atoms with Crippen molar-refractivity contribution in [1.82, 2.24) is 20.2 Å². The van der Waals surface area contributed by atoms with E-state index in [1.807, 2.05) is 42.6 Å². The molecule has 6 rings (SSSR count). The van der Waals surface area contributed by atoms with E-state index < -0.39 is 0 Å². The zero-order chi connectivity index (χ0) is 23.8. The Bertz CT molecular complexity index is 1400. The van der Waals surface area contributed by atoms with Crippen molar-refractivity contribution in [3.8, 4) is 11.4 Å². The molecule has 1 unspecified atom stereocenters. The van der Waals surface area contributed by atoms with Gasteiger partial charge < -0.3 is 20.7 Å². The van der Waals surface area contributed by atoms with Gasteiger partial charge in [0.25, 0.3) is 0 Å². The smallest absolute Gasteiger partial charge is 0.238 e. The minimum atomic E-state index is -0.206. The Hall–Kier alpha value is -3.47. The highest BCUT2D eigenvalue weighted by atomic mass is 32.2. The Morgan fingerprint density at radius 2 is 2.06 bits per heavy atom. The van der Waals surface area contributed by atoms with Crippen molar-refractivity contribution in [1.29, 1.82) is 0 Å². The van der Waals surface area contributed by atoms with Gasteiger partial charge in [-0.05, 0) is 23.8 Å². The number of morpholine rings is 1. The molecule has 9 nitrogen and oxygen atoms in total. The molecule has 2 aromatic carbocycles. The molecule has 2 aliphatic heterocycles. The number of carbonyl (C=O) groups is 1. The van der Waals surface area contributed by atoms with Crippen LogP contribution < -0.4 is 16.0 Å². The van der Waals surface area contributed by atoms with Gasteiger partial charge in [-0.3, -0.25) is 9.89 Å². The number of rotatable bonds is 5. The molecule has 4 N–H and O–H groups in total. The molecule has 0 spiro atoms.